The lowest BCUT2D eigenvalue weighted by molar-refractivity contribution is 0.0761. The van der Waals surface area contributed by atoms with Gasteiger partial charge in [-0.15, -0.1) is 0 Å². The van der Waals surface area contributed by atoms with Crippen molar-refractivity contribution in [3.8, 4) is 0 Å². The second kappa shape index (κ2) is 5.44. The van der Waals surface area contributed by atoms with Crippen molar-refractivity contribution in [2.24, 2.45) is 11.8 Å². The topological polar surface area (TPSA) is 33.1 Å². The number of pyridine rings is 1. The highest BCUT2D eigenvalue weighted by atomic mass is 16.3. The van der Waals surface area contributed by atoms with E-state index < -0.39 is 0 Å². The van der Waals surface area contributed by atoms with Crippen molar-refractivity contribution in [2.45, 2.75) is 45.1 Å². The summed E-state index contributed by atoms with van der Waals surface area (Å²) < 4.78 is 0. The minimum atomic E-state index is -0.171. The van der Waals surface area contributed by atoms with Crippen molar-refractivity contribution in [3.63, 3.8) is 0 Å². The van der Waals surface area contributed by atoms with Crippen molar-refractivity contribution in [1.82, 2.24) is 4.98 Å². The van der Waals surface area contributed by atoms with Gasteiger partial charge in [0.25, 0.3) is 0 Å². The van der Waals surface area contributed by atoms with E-state index in [1.54, 1.807) is 12.4 Å². The van der Waals surface area contributed by atoms with Crippen LogP contribution in [0.1, 0.15) is 38.2 Å². The Bertz CT molecular complexity index is 304. The molecule has 1 aromatic rings. The molecule has 1 aromatic heterocycles. The van der Waals surface area contributed by atoms with Gasteiger partial charge in [-0.05, 0) is 48.8 Å². The van der Waals surface area contributed by atoms with Crippen molar-refractivity contribution in [3.05, 3.63) is 30.1 Å². The number of hydrogen-bond acceptors (Lipinski definition) is 2. The van der Waals surface area contributed by atoms with Crippen LogP contribution < -0.4 is 0 Å². The third-order valence-corrected chi connectivity index (χ3v) is 3.80. The van der Waals surface area contributed by atoms with Crippen LogP contribution in [0.3, 0.4) is 0 Å². The number of hydrogen-bond donors (Lipinski definition) is 1. The molecule has 2 nitrogen and oxygen atoms in total. The van der Waals surface area contributed by atoms with Crippen LogP contribution in [0.4, 0.5) is 0 Å². The minimum Gasteiger partial charge on any atom is -0.392 e. The number of aliphatic hydroxyl groups is 1. The first kappa shape index (κ1) is 11.6. The molecule has 1 unspecified atom stereocenters. The van der Waals surface area contributed by atoms with Crippen LogP contribution in [0.15, 0.2) is 24.5 Å². The van der Waals surface area contributed by atoms with Crippen LogP contribution >= 0.6 is 0 Å². The van der Waals surface area contributed by atoms with Gasteiger partial charge in [0.05, 0.1) is 6.10 Å². The summed E-state index contributed by atoms with van der Waals surface area (Å²) in [4.78, 5) is 3.99. The molecule has 88 valence electrons. The zero-order chi connectivity index (χ0) is 11.4. The highest BCUT2D eigenvalue weighted by molar-refractivity contribution is 5.11. The van der Waals surface area contributed by atoms with Gasteiger partial charge in [0, 0.05) is 12.4 Å². The van der Waals surface area contributed by atoms with E-state index >= 15 is 0 Å². The van der Waals surface area contributed by atoms with Crippen LogP contribution in [0, 0.1) is 11.8 Å². The van der Waals surface area contributed by atoms with Crippen LogP contribution in [-0.2, 0) is 6.42 Å². The predicted molar refractivity (Wildman–Crippen MR) is 65.1 cm³/mol. The fraction of sp³-hybridized carbons (Fsp3) is 0.643. The number of rotatable bonds is 3. The van der Waals surface area contributed by atoms with E-state index in [9.17, 15) is 5.11 Å². The Balaban J connectivity index is 1.86. The van der Waals surface area contributed by atoms with Gasteiger partial charge >= 0.3 is 0 Å². The maximum Gasteiger partial charge on any atom is 0.0608 e. The molecule has 16 heavy (non-hydrogen) atoms. The number of nitrogens with zero attached hydrogens (tertiary/aromatic N) is 1. The number of aliphatic hydroxyl groups excluding tert-OH is 1. The Labute approximate surface area is 97.7 Å². The van der Waals surface area contributed by atoms with Crippen LogP contribution in [-0.4, -0.2) is 16.2 Å². The summed E-state index contributed by atoms with van der Waals surface area (Å²) in [6.45, 7) is 2.31. The smallest absolute Gasteiger partial charge is 0.0608 e. The van der Waals surface area contributed by atoms with Crippen molar-refractivity contribution in [1.29, 1.82) is 0 Å². The summed E-state index contributed by atoms with van der Waals surface area (Å²) in [5, 5.41) is 10.2. The molecule has 0 aliphatic heterocycles. The van der Waals surface area contributed by atoms with Gasteiger partial charge in [0.1, 0.15) is 0 Å². The summed E-state index contributed by atoms with van der Waals surface area (Å²) in [6.07, 6.45) is 9.13. The fourth-order valence-electron chi connectivity index (χ4n) is 2.60. The summed E-state index contributed by atoms with van der Waals surface area (Å²) >= 11 is 0. The van der Waals surface area contributed by atoms with Gasteiger partial charge in [-0.3, -0.25) is 4.98 Å². The Kier molecular flexibility index (Phi) is 3.94. The molecule has 2 heteroatoms. The molecule has 1 heterocycles. The zero-order valence-corrected chi connectivity index (χ0v) is 9.97. The first-order valence-electron chi connectivity index (χ1n) is 6.32. The lowest BCUT2D eigenvalue weighted by Gasteiger charge is -2.29. The van der Waals surface area contributed by atoms with Gasteiger partial charge in [-0.2, -0.15) is 0 Å². The molecule has 0 aromatic carbocycles. The Morgan fingerprint density at radius 1 is 1.25 bits per heavy atom. The lowest BCUT2D eigenvalue weighted by Crippen LogP contribution is -2.26. The predicted octanol–water partition coefficient (Wildman–Crippen LogP) is 2.81. The van der Waals surface area contributed by atoms with Crippen molar-refractivity contribution >= 4 is 0 Å². The molecule has 1 fully saturated rings. The highest BCUT2D eigenvalue weighted by Crippen LogP contribution is 2.31. The Hall–Kier alpha value is -0.890. The maximum absolute atomic E-state index is 10.2. The second-order valence-electron chi connectivity index (χ2n) is 5.15. The average Bonchev–Trinajstić information content (AvgIpc) is 2.31. The fourth-order valence-corrected chi connectivity index (χ4v) is 2.60. The van der Waals surface area contributed by atoms with Crippen LogP contribution in [0.5, 0.6) is 0 Å². The average molecular weight is 219 g/mol. The first-order valence-corrected chi connectivity index (χ1v) is 6.32. The summed E-state index contributed by atoms with van der Waals surface area (Å²) in [5.41, 5.74) is 1.20. The molecule has 1 N–H and O–H groups in total. The molecule has 0 spiro atoms. The zero-order valence-electron chi connectivity index (χ0n) is 9.97. The largest absolute Gasteiger partial charge is 0.392 e. The second-order valence-corrected chi connectivity index (χ2v) is 5.15. The summed E-state index contributed by atoms with van der Waals surface area (Å²) in [6, 6.07) is 3.99. The third-order valence-electron chi connectivity index (χ3n) is 3.80. The van der Waals surface area contributed by atoms with E-state index in [0.29, 0.717) is 5.92 Å². The molecular formula is C14H21NO. The molecule has 2 rings (SSSR count). The Morgan fingerprint density at radius 3 is 2.50 bits per heavy atom. The summed E-state index contributed by atoms with van der Waals surface area (Å²) in [5.74, 6) is 1.36. The van der Waals surface area contributed by atoms with Gasteiger partial charge in [0.15, 0.2) is 0 Å². The molecule has 1 aliphatic rings. The van der Waals surface area contributed by atoms with Gasteiger partial charge in [-0.1, -0.05) is 19.8 Å². The van der Waals surface area contributed by atoms with Gasteiger partial charge in [0.2, 0.25) is 0 Å². The molecule has 0 bridgehead atoms. The molecule has 0 radical (unpaired) electrons. The molecule has 0 amide bonds. The van der Waals surface area contributed by atoms with Crippen molar-refractivity contribution < 1.29 is 5.11 Å². The van der Waals surface area contributed by atoms with E-state index in [4.69, 9.17) is 0 Å². The lowest BCUT2D eigenvalue weighted by atomic mass is 9.79. The van der Waals surface area contributed by atoms with Crippen LogP contribution in [0.25, 0.3) is 0 Å². The standard InChI is InChI=1S/C14H21NO/c1-11-2-4-13(5-3-11)14(16)10-12-6-8-15-9-7-12/h6-9,11,13-14,16H,2-5,10H2,1H3. The number of aromatic nitrogens is 1. The molecule has 1 aliphatic carbocycles. The maximum atomic E-state index is 10.2. The SMILES string of the molecule is CC1CCC(C(O)Cc2ccncc2)CC1. The molecule has 1 saturated carbocycles. The van der Waals surface area contributed by atoms with E-state index in [0.717, 1.165) is 12.3 Å². The van der Waals surface area contributed by atoms with Crippen molar-refractivity contribution in [2.75, 3.05) is 0 Å². The molecule has 1 atom stereocenters. The van der Waals surface area contributed by atoms with Crippen LogP contribution in [0.2, 0.25) is 0 Å². The Morgan fingerprint density at radius 2 is 1.88 bits per heavy atom. The minimum absolute atomic E-state index is 0.171. The third kappa shape index (κ3) is 3.05. The molecule has 0 saturated heterocycles. The van der Waals surface area contributed by atoms with E-state index in [2.05, 4.69) is 11.9 Å². The monoisotopic (exact) mass is 219 g/mol. The van der Waals surface area contributed by atoms with E-state index in [1.165, 1.54) is 31.2 Å². The normalized spacial score (nSPS) is 27.6. The molecular weight excluding hydrogens is 198 g/mol. The summed E-state index contributed by atoms with van der Waals surface area (Å²) in [7, 11) is 0. The highest BCUT2D eigenvalue weighted by Gasteiger charge is 2.24. The van der Waals surface area contributed by atoms with Gasteiger partial charge < -0.3 is 5.11 Å². The first-order chi connectivity index (χ1) is 7.75. The van der Waals surface area contributed by atoms with E-state index in [-0.39, 0.29) is 6.10 Å². The van der Waals surface area contributed by atoms with E-state index in [1.807, 2.05) is 12.1 Å². The van der Waals surface area contributed by atoms with Gasteiger partial charge in [-0.25, -0.2) is 0 Å². The quantitative estimate of drug-likeness (QED) is 0.848.